The van der Waals surface area contributed by atoms with Crippen LogP contribution in [-0.2, 0) is 17.6 Å². The molecule has 0 fully saturated rings. The van der Waals surface area contributed by atoms with Crippen LogP contribution in [0.1, 0.15) is 29.0 Å². The molecular weight excluding hydrogens is 307 g/mol. The van der Waals surface area contributed by atoms with Crippen molar-refractivity contribution in [2.24, 2.45) is 0 Å². The van der Waals surface area contributed by atoms with Crippen LogP contribution < -0.4 is 4.90 Å². The lowest BCUT2D eigenvalue weighted by molar-refractivity contribution is -0.118. The van der Waals surface area contributed by atoms with Crippen molar-refractivity contribution >= 4 is 23.2 Å². The van der Waals surface area contributed by atoms with Gasteiger partial charge >= 0.3 is 0 Å². The van der Waals surface area contributed by atoms with Gasteiger partial charge in [0.2, 0.25) is 5.91 Å². The van der Waals surface area contributed by atoms with E-state index in [-0.39, 0.29) is 17.4 Å². The monoisotopic (exact) mass is 322 g/mol. The molecule has 0 N–H and O–H groups in total. The SMILES string of the molecule is Cc1noc(C)c1CC(=O)N1CCCc2ccc(F)c(Cl)c21. The summed E-state index contributed by atoms with van der Waals surface area (Å²) in [6, 6.07) is 3.05. The van der Waals surface area contributed by atoms with Gasteiger partial charge < -0.3 is 9.42 Å². The van der Waals surface area contributed by atoms with E-state index in [1.807, 2.05) is 0 Å². The molecule has 0 saturated carbocycles. The van der Waals surface area contributed by atoms with Crippen molar-refractivity contribution in [3.8, 4) is 0 Å². The lowest BCUT2D eigenvalue weighted by atomic mass is 10.00. The summed E-state index contributed by atoms with van der Waals surface area (Å²) in [5, 5.41) is 3.88. The van der Waals surface area contributed by atoms with E-state index in [1.165, 1.54) is 6.07 Å². The van der Waals surface area contributed by atoms with E-state index < -0.39 is 5.82 Å². The molecule has 1 aliphatic rings. The molecule has 1 aromatic carbocycles. The van der Waals surface area contributed by atoms with Crippen molar-refractivity contribution in [1.29, 1.82) is 0 Å². The summed E-state index contributed by atoms with van der Waals surface area (Å²) in [5.41, 5.74) is 2.90. The molecule has 6 heteroatoms. The predicted molar refractivity (Wildman–Crippen MR) is 81.8 cm³/mol. The van der Waals surface area contributed by atoms with E-state index >= 15 is 0 Å². The third-order valence-electron chi connectivity index (χ3n) is 4.06. The van der Waals surface area contributed by atoms with Gasteiger partial charge in [0.05, 0.1) is 17.8 Å². The maximum atomic E-state index is 13.8. The normalized spacial score (nSPS) is 14.1. The molecule has 0 unspecified atom stereocenters. The second kappa shape index (κ2) is 5.72. The fourth-order valence-electron chi connectivity index (χ4n) is 2.86. The quantitative estimate of drug-likeness (QED) is 0.848. The number of hydrogen-bond acceptors (Lipinski definition) is 3. The summed E-state index contributed by atoms with van der Waals surface area (Å²) in [6.07, 6.45) is 1.81. The number of amides is 1. The zero-order valence-corrected chi connectivity index (χ0v) is 13.2. The van der Waals surface area contributed by atoms with Crippen molar-refractivity contribution in [3.63, 3.8) is 0 Å². The third-order valence-corrected chi connectivity index (χ3v) is 4.42. The summed E-state index contributed by atoms with van der Waals surface area (Å²) in [7, 11) is 0. The lowest BCUT2D eigenvalue weighted by Gasteiger charge is -2.30. The van der Waals surface area contributed by atoms with Crippen LogP contribution in [0.3, 0.4) is 0 Å². The average molecular weight is 323 g/mol. The van der Waals surface area contributed by atoms with E-state index in [0.29, 0.717) is 23.7 Å². The number of aryl methyl sites for hydroxylation is 3. The van der Waals surface area contributed by atoms with Crippen molar-refractivity contribution in [2.45, 2.75) is 33.1 Å². The highest BCUT2D eigenvalue weighted by Gasteiger charge is 2.27. The maximum Gasteiger partial charge on any atom is 0.231 e. The topological polar surface area (TPSA) is 46.3 Å². The van der Waals surface area contributed by atoms with Crippen LogP contribution in [0, 0.1) is 19.7 Å². The minimum absolute atomic E-state index is 0.0179. The smallest absolute Gasteiger partial charge is 0.231 e. The van der Waals surface area contributed by atoms with Crippen LogP contribution in [0.5, 0.6) is 0 Å². The highest BCUT2D eigenvalue weighted by Crippen LogP contribution is 2.36. The third kappa shape index (κ3) is 2.50. The fourth-order valence-corrected chi connectivity index (χ4v) is 3.15. The molecule has 1 aromatic heterocycles. The molecule has 116 valence electrons. The largest absolute Gasteiger partial charge is 0.361 e. The van der Waals surface area contributed by atoms with Gasteiger partial charge in [-0.1, -0.05) is 22.8 Å². The van der Waals surface area contributed by atoms with E-state index in [1.54, 1.807) is 24.8 Å². The van der Waals surface area contributed by atoms with Crippen molar-refractivity contribution in [3.05, 3.63) is 45.6 Å². The summed E-state index contributed by atoms with van der Waals surface area (Å²) in [6.45, 7) is 4.12. The van der Waals surface area contributed by atoms with Gasteiger partial charge in [0, 0.05) is 12.1 Å². The Morgan fingerprint density at radius 3 is 2.91 bits per heavy atom. The first-order chi connectivity index (χ1) is 10.5. The molecule has 1 aliphatic heterocycles. The minimum Gasteiger partial charge on any atom is -0.361 e. The van der Waals surface area contributed by atoms with Crippen LogP contribution in [0.25, 0.3) is 0 Å². The zero-order valence-electron chi connectivity index (χ0n) is 12.4. The van der Waals surface area contributed by atoms with Crippen LogP contribution in [0.2, 0.25) is 5.02 Å². The highest BCUT2D eigenvalue weighted by atomic mass is 35.5. The van der Waals surface area contributed by atoms with Gasteiger partial charge in [-0.3, -0.25) is 4.79 Å². The van der Waals surface area contributed by atoms with E-state index in [4.69, 9.17) is 16.1 Å². The molecule has 0 aliphatic carbocycles. The minimum atomic E-state index is -0.502. The van der Waals surface area contributed by atoms with E-state index in [2.05, 4.69) is 5.16 Å². The first-order valence-electron chi connectivity index (χ1n) is 7.18. The van der Waals surface area contributed by atoms with Crippen LogP contribution in [0.4, 0.5) is 10.1 Å². The molecule has 4 nitrogen and oxygen atoms in total. The molecule has 2 aromatic rings. The number of fused-ring (bicyclic) bond motifs is 1. The van der Waals surface area contributed by atoms with Gasteiger partial charge in [-0.05, 0) is 38.3 Å². The molecule has 22 heavy (non-hydrogen) atoms. The van der Waals surface area contributed by atoms with Gasteiger partial charge in [-0.15, -0.1) is 0 Å². The highest BCUT2D eigenvalue weighted by molar-refractivity contribution is 6.34. The second-order valence-corrected chi connectivity index (χ2v) is 5.88. The van der Waals surface area contributed by atoms with E-state index in [0.717, 1.165) is 24.0 Å². The Bertz CT molecular complexity index is 722. The number of rotatable bonds is 2. The first-order valence-corrected chi connectivity index (χ1v) is 7.56. The van der Waals surface area contributed by atoms with Gasteiger partial charge in [0.15, 0.2) is 0 Å². The number of nitrogens with zero attached hydrogens (tertiary/aromatic N) is 2. The second-order valence-electron chi connectivity index (χ2n) is 5.50. The number of benzene rings is 1. The molecule has 0 bridgehead atoms. The van der Waals surface area contributed by atoms with Gasteiger partial charge in [-0.2, -0.15) is 0 Å². The molecule has 0 atom stereocenters. The fraction of sp³-hybridized carbons (Fsp3) is 0.375. The molecule has 1 amide bonds. The Morgan fingerprint density at radius 1 is 1.45 bits per heavy atom. The van der Waals surface area contributed by atoms with Gasteiger partial charge in [0.1, 0.15) is 16.6 Å². The number of hydrogen-bond donors (Lipinski definition) is 0. The Kier molecular flexibility index (Phi) is 3.91. The summed E-state index contributed by atoms with van der Waals surface area (Å²) < 4.78 is 18.8. The lowest BCUT2D eigenvalue weighted by Crippen LogP contribution is -2.37. The summed E-state index contributed by atoms with van der Waals surface area (Å²) >= 11 is 6.09. The standard InChI is InChI=1S/C16H16ClFN2O2/c1-9-12(10(2)22-19-9)8-14(21)20-7-3-4-11-5-6-13(18)15(17)16(11)20/h5-6H,3-4,7-8H2,1-2H3. The zero-order chi connectivity index (χ0) is 15.9. The van der Waals surface area contributed by atoms with Crippen molar-refractivity contribution in [1.82, 2.24) is 5.16 Å². The number of halogens is 2. The Balaban J connectivity index is 1.94. The Hall–Kier alpha value is -1.88. The average Bonchev–Trinajstić information content (AvgIpc) is 2.82. The summed E-state index contributed by atoms with van der Waals surface area (Å²) in [5.74, 6) is 0.00808. The maximum absolute atomic E-state index is 13.8. The first kappa shape index (κ1) is 15.0. The number of aromatic nitrogens is 1. The summed E-state index contributed by atoms with van der Waals surface area (Å²) in [4.78, 5) is 14.3. The number of carbonyl (C=O) groups is 1. The molecule has 0 spiro atoms. The molecular formula is C16H16ClFN2O2. The molecule has 3 rings (SSSR count). The van der Waals surface area contributed by atoms with Crippen molar-refractivity contribution < 1.29 is 13.7 Å². The predicted octanol–water partition coefficient (Wildman–Crippen LogP) is 3.61. The molecule has 0 saturated heterocycles. The van der Waals surface area contributed by atoms with Crippen LogP contribution in [-0.4, -0.2) is 17.6 Å². The van der Waals surface area contributed by atoms with Gasteiger partial charge in [0.25, 0.3) is 0 Å². The molecule has 2 heterocycles. The number of anilines is 1. The van der Waals surface area contributed by atoms with Crippen LogP contribution >= 0.6 is 11.6 Å². The van der Waals surface area contributed by atoms with E-state index in [9.17, 15) is 9.18 Å². The Labute approximate surface area is 132 Å². The van der Waals surface area contributed by atoms with Crippen molar-refractivity contribution in [2.75, 3.05) is 11.4 Å². The van der Waals surface area contributed by atoms with Gasteiger partial charge in [-0.25, -0.2) is 4.39 Å². The molecule has 0 radical (unpaired) electrons. The van der Waals surface area contributed by atoms with Crippen LogP contribution in [0.15, 0.2) is 16.7 Å². The number of carbonyl (C=O) groups excluding carboxylic acids is 1. The Morgan fingerprint density at radius 2 is 2.23 bits per heavy atom.